The molecule has 1 aliphatic rings. The molecule has 370 valence electrons. The topological polar surface area (TPSA) is 19.6 Å². The molecule has 15 rings (SSSR count). The van der Waals surface area contributed by atoms with Crippen molar-refractivity contribution in [2.75, 3.05) is 9.80 Å². The summed E-state index contributed by atoms with van der Waals surface area (Å²) in [5.74, 6) is 0. The van der Waals surface area contributed by atoms with E-state index in [0.717, 1.165) is 67.2 Å². The first kappa shape index (κ1) is 45.7. The van der Waals surface area contributed by atoms with Gasteiger partial charge in [-0.15, -0.1) is 0 Å². The molecule has 0 saturated heterocycles. The van der Waals surface area contributed by atoms with Crippen LogP contribution in [-0.2, 0) is 5.41 Å². The van der Waals surface area contributed by atoms with Gasteiger partial charge in [0, 0.05) is 55.6 Å². The summed E-state index contributed by atoms with van der Waals surface area (Å²) in [7, 11) is 0. The Kier molecular flexibility index (Phi) is 10.4. The number of rotatable bonds is 8. The average Bonchev–Trinajstić information content (AvgIpc) is 4.19. The molecule has 0 saturated carbocycles. The molecule has 0 amide bonds. The quantitative estimate of drug-likeness (QED) is 0.141. The maximum absolute atomic E-state index is 6.56. The molecule has 3 heteroatoms. The number of hydrogen-bond acceptors (Lipinski definition) is 3. The zero-order valence-corrected chi connectivity index (χ0v) is 44.1. The van der Waals surface area contributed by atoms with Crippen LogP contribution >= 0.6 is 0 Å². The number of para-hydroxylation sites is 3. The molecule has 0 atom stereocenters. The maximum Gasteiger partial charge on any atom is 0.143 e. The highest BCUT2D eigenvalue weighted by Gasteiger charge is 2.37. The van der Waals surface area contributed by atoms with Gasteiger partial charge in [-0.3, -0.25) is 0 Å². The van der Waals surface area contributed by atoms with E-state index in [2.05, 4.69) is 286 Å². The van der Waals surface area contributed by atoms with Crippen molar-refractivity contribution in [1.82, 2.24) is 0 Å². The van der Waals surface area contributed by atoms with Crippen molar-refractivity contribution < 1.29 is 4.42 Å². The lowest BCUT2D eigenvalue weighted by molar-refractivity contribution is 0.660. The summed E-state index contributed by atoms with van der Waals surface area (Å²) >= 11 is 0. The summed E-state index contributed by atoms with van der Waals surface area (Å²) in [4.78, 5) is 4.87. The van der Waals surface area contributed by atoms with E-state index in [1.807, 2.05) is 6.07 Å². The lowest BCUT2D eigenvalue weighted by atomic mass is 9.81. The number of hydrogen-bond donors (Lipinski definition) is 0. The second kappa shape index (κ2) is 17.7. The Morgan fingerprint density at radius 1 is 0.308 bits per heavy atom. The van der Waals surface area contributed by atoms with Crippen molar-refractivity contribution in [3.63, 3.8) is 0 Å². The summed E-state index contributed by atoms with van der Waals surface area (Å²) in [6, 6.07) is 93.8. The van der Waals surface area contributed by atoms with E-state index in [-0.39, 0.29) is 5.41 Å². The van der Waals surface area contributed by atoms with Crippen LogP contribution in [0.5, 0.6) is 0 Å². The van der Waals surface area contributed by atoms with Crippen LogP contribution < -0.4 is 9.80 Å². The van der Waals surface area contributed by atoms with E-state index < -0.39 is 0 Å². The molecule has 3 nitrogen and oxygen atoms in total. The van der Waals surface area contributed by atoms with Gasteiger partial charge in [-0.25, -0.2) is 0 Å². The molecule has 0 bridgehead atoms. The molecule has 1 heterocycles. The normalized spacial score (nSPS) is 12.7. The molecular weight excluding hydrogens is 945 g/mol. The molecule has 1 aromatic heterocycles. The highest BCUT2D eigenvalue weighted by atomic mass is 16.3. The summed E-state index contributed by atoms with van der Waals surface area (Å²) in [5.41, 5.74) is 20.6. The van der Waals surface area contributed by atoms with Gasteiger partial charge in [0.2, 0.25) is 0 Å². The average molecular weight is 999 g/mol. The van der Waals surface area contributed by atoms with Gasteiger partial charge in [-0.05, 0) is 180 Å². The number of furan rings is 1. The molecule has 0 N–H and O–H groups in total. The molecule has 0 radical (unpaired) electrons. The smallest absolute Gasteiger partial charge is 0.143 e. The predicted octanol–water partition coefficient (Wildman–Crippen LogP) is 21.4. The fourth-order valence-corrected chi connectivity index (χ4v) is 13.1. The molecule has 13 aromatic carbocycles. The highest BCUT2D eigenvalue weighted by molar-refractivity contribution is 6.26. The largest absolute Gasteiger partial charge is 0.455 e. The zero-order chi connectivity index (χ0) is 52.2. The lowest BCUT2D eigenvalue weighted by Crippen LogP contribution is -2.17. The predicted molar refractivity (Wildman–Crippen MR) is 331 cm³/mol. The van der Waals surface area contributed by atoms with Crippen molar-refractivity contribution in [2.45, 2.75) is 33.1 Å². The maximum atomic E-state index is 6.56. The Morgan fingerprint density at radius 3 is 1.49 bits per heavy atom. The van der Waals surface area contributed by atoms with Crippen LogP contribution in [0, 0.1) is 13.8 Å². The first-order valence-electron chi connectivity index (χ1n) is 27.1. The molecule has 14 aromatic rings. The first-order valence-corrected chi connectivity index (χ1v) is 27.1. The lowest BCUT2D eigenvalue weighted by Gasteiger charge is -2.29. The molecule has 1 aliphatic carbocycles. The van der Waals surface area contributed by atoms with Crippen molar-refractivity contribution in [2.24, 2.45) is 0 Å². The third-order valence-corrected chi connectivity index (χ3v) is 16.9. The second-order valence-electron chi connectivity index (χ2n) is 21.7. The molecule has 0 unspecified atom stereocenters. The highest BCUT2D eigenvalue weighted by Crippen LogP contribution is 2.53. The fraction of sp³-hybridized carbons (Fsp3) is 0.0667. The molecular formula is C75H54N2O. The van der Waals surface area contributed by atoms with Crippen LogP contribution in [0.4, 0.5) is 34.1 Å². The third kappa shape index (κ3) is 7.12. The third-order valence-electron chi connectivity index (χ3n) is 16.9. The summed E-state index contributed by atoms with van der Waals surface area (Å²) in [6.07, 6.45) is 0. The van der Waals surface area contributed by atoms with Crippen molar-refractivity contribution in [3.8, 4) is 33.4 Å². The summed E-state index contributed by atoms with van der Waals surface area (Å²) in [5, 5.41) is 12.3. The first-order chi connectivity index (χ1) is 38.3. The SMILES string of the molecule is Cc1cc(N(c2ccc3c(c2)C(C)(C)c2cc(-c4cccc5c4oc4ccccc45)ccc2-3)c2ccc3c4ccccc4c4ccccc4c3c2)ccc1-c1ccc(N(c2ccccc2)c2cccc3ccccc23)cc1C. The van der Waals surface area contributed by atoms with Crippen molar-refractivity contribution in [3.05, 3.63) is 277 Å². The van der Waals surface area contributed by atoms with E-state index >= 15 is 0 Å². The van der Waals surface area contributed by atoms with E-state index in [1.54, 1.807) is 0 Å². The summed E-state index contributed by atoms with van der Waals surface area (Å²) < 4.78 is 6.56. The molecule has 0 fully saturated rings. The van der Waals surface area contributed by atoms with E-state index in [0.29, 0.717) is 0 Å². The van der Waals surface area contributed by atoms with E-state index in [1.165, 1.54) is 87.6 Å². The number of nitrogens with zero attached hydrogens (tertiary/aromatic N) is 2. The van der Waals surface area contributed by atoms with Gasteiger partial charge in [0.1, 0.15) is 11.2 Å². The second-order valence-corrected chi connectivity index (χ2v) is 21.7. The molecule has 0 aliphatic heterocycles. The Morgan fingerprint density at radius 2 is 0.795 bits per heavy atom. The van der Waals surface area contributed by atoms with Crippen LogP contribution in [-0.4, -0.2) is 0 Å². The van der Waals surface area contributed by atoms with Crippen LogP contribution in [0.3, 0.4) is 0 Å². The molecule has 0 spiro atoms. The van der Waals surface area contributed by atoms with Gasteiger partial charge >= 0.3 is 0 Å². The van der Waals surface area contributed by atoms with Crippen LogP contribution in [0.2, 0.25) is 0 Å². The fourth-order valence-electron chi connectivity index (χ4n) is 13.1. The van der Waals surface area contributed by atoms with Gasteiger partial charge in [0.25, 0.3) is 0 Å². The minimum absolute atomic E-state index is 0.282. The number of aryl methyl sites for hydroxylation is 2. The standard InChI is InChI=1S/C75H54N2O/c1-47-42-52(33-38-56(47)57-39-34-53(43-48(57)2)77(51-20-6-5-7-21-51)72-30-16-19-49-18-8-9-22-58(49)72)76(54-35-40-64-62-25-11-10-23-60(62)61-24-12-13-26-63(61)69(64)45-54)55-36-41-66-65-37-32-50(44-70(65)75(3,4)71(66)46-55)59-28-17-29-68-67-27-14-15-31-73(67)78-74(59)68/h5-46H,1-4H3. The monoisotopic (exact) mass is 998 g/mol. The number of fused-ring (bicyclic) bond motifs is 13. The minimum atomic E-state index is -0.282. The Bertz CT molecular complexity index is 4710. The Hall–Kier alpha value is -9.70. The van der Waals surface area contributed by atoms with E-state index in [4.69, 9.17) is 4.42 Å². The van der Waals surface area contributed by atoms with Gasteiger partial charge in [0.15, 0.2) is 0 Å². The van der Waals surface area contributed by atoms with Gasteiger partial charge in [0.05, 0.1) is 5.69 Å². The minimum Gasteiger partial charge on any atom is -0.455 e. The molecule has 78 heavy (non-hydrogen) atoms. The Labute approximate surface area is 454 Å². The van der Waals surface area contributed by atoms with Crippen LogP contribution in [0.25, 0.3) is 98.4 Å². The van der Waals surface area contributed by atoms with Crippen LogP contribution in [0.1, 0.15) is 36.1 Å². The van der Waals surface area contributed by atoms with E-state index in [9.17, 15) is 0 Å². The van der Waals surface area contributed by atoms with Crippen molar-refractivity contribution in [1.29, 1.82) is 0 Å². The van der Waals surface area contributed by atoms with Crippen molar-refractivity contribution >= 4 is 99.2 Å². The van der Waals surface area contributed by atoms with Gasteiger partial charge in [-0.1, -0.05) is 190 Å². The Balaban J connectivity index is 0.855. The van der Waals surface area contributed by atoms with Crippen LogP contribution in [0.15, 0.2) is 259 Å². The number of anilines is 6. The zero-order valence-electron chi connectivity index (χ0n) is 44.1. The summed E-state index contributed by atoms with van der Waals surface area (Å²) in [6.45, 7) is 9.29. The van der Waals surface area contributed by atoms with Gasteiger partial charge < -0.3 is 14.2 Å². The number of benzene rings is 13. The van der Waals surface area contributed by atoms with Gasteiger partial charge in [-0.2, -0.15) is 0 Å².